The summed E-state index contributed by atoms with van der Waals surface area (Å²) in [5, 5.41) is 0. The summed E-state index contributed by atoms with van der Waals surface area (Å²) in [6.45, 7) is 2.75. The Morgan fingerprint density at radius 2 is 0.667 bits per heavy atom. The molecule has 4 rings (SSSR count). The van der Waals surface area contributed by atoms with Crippen LogP contribution in [0.5, 0.6) is 0 Å². The van der Waals surface area contributed by atoms with E-state index in [2.05, 4.69) is 13.5 Å². The van der Waals surface area contributed by atoms with Crippen molar-refractivity contribution >= 4 is 23.0 Å². The molecule has 4 aliphatic rings. The molecule has 3 spiro atoms. The van der Waals surface area contributed by atoms with Crippen molar-refractivity contribution in [1.29, 1.82) is 0 Å². The maximum atomic E-state index is 5.59. The van der Waals surface area contributed by atoms with Gasteiger partial charge in [-0.15, -0.1) is 13.5 Å². The van der Waals surface area contributed by atoms with E-state index in [4.69, 9.17) is 27.1 Å². The Kier molecular flexibility index (Phi) is 2.86. The summed E-state index contributed by atoms with van der Waals surface area (Å²) >= 11 is 0. The topological polar surface area (TPSA) is 92.5 Å². The molecule has 0 atom stereocenters. The van der Waals surface area contributed by atoms with Crippen molar-refractivity contribution in [3.63, 3.8) is 0 Å². The van der Waals surface area contributed by atoms with Crippen molar-refractivity contribution in [2.45, 2.75) is 0 Å². The first-order chi connectivity index (χ1) is 8.74. The van der Waals surface area contributed by atoms with E-state index in [1.807, 2.05) is 0 Å². The van der Waals surface area contributed by atoms with Crippen LogP contribution < -0.4 is 0 Å². The SMILES string of the molecule is C1COP2(=NP3(=NP4(=N2)OCCO4)OCCO3)O1. The van der Waals surface area contributed by atoms with Crippen LogP contribution in [0.4, 0.5) is 0 Å². The van der Waals surface area contributed by atoms with Gasteiger partial charge in [-0.25, -0.2) is 0 Å². The van der Waals surface area contributed by atoms with Gasteiger partial charge >= 0.3 is 23.0 Å². The predicted octanol–water partition coefficient (Wildman–Crippen LogP) is 2.98. The van der Waals surface area contributed by atoms with Crippen molar-refractivity contribution in [3.05, 3.63) is 0 Å². The molecule has 0 bridgehead atoms. The van der Waals surface area contributed by atoms with Gasteiger partial charge in [0.15, 0.2) is 0 Å². The maximum absolute atomic E-state index is 5.59. The summed E-state index contributed by atoms with van der Waals surface area (Å²) in [6, 6.07) is 0. The summed E-state index contributed by atoms with van der Waals surface area (Å²) in [4.78, 5) is 0. The van der Waals surface area contributed by atoms with Crippen LogP contribution in [0.25, 0.3) is 0 Å². The van der Waals surface area contributed by atoms with Gasteiger partial charge in [0.05, 0.1) is 39.6 Å². The fourth-order valence-electron chi connectivity index (χ4n) is 1.84. The highest BCUT2D eigenvalue weighted by Gasteiger charge is 2.47. The molecule has 0 aliphatic carbocycles. The molecule has 102 valence electrons. The minimum absolute atomic E-state index is 0.459. The third-order valence-corrected chi connectivity index (χ3v) is 11.0. The van der Waals surface area contributed by atoms with E-state index in [9.17, 15) is 0 Å². The fourth-order valence-corrected chi connectivity index (χ4v) is 11.2. The predicted molar refractivity (Wildman–Crippen MR) is 63.8 cm³/mol. The van der Waals surface area contributed by atoms with Gasteiger partial charge in [0.25, 0.3) is 0 Å². The molecule has 18 heavy (non-hydrogen) atoms. The van der Waals surface area contributed by atoms with E-state index in [1.165, 1.54) is 0 Å². The zero-order valence-corrected chi connectivity index (χ0v) is 12.1. The Labute approximate surface area is 104 Å². The van der Waals surface area contributed by atoms with Crippen LogP contribution in [0, 0.1) is 0 Å². The lowest BCUT2D eigenvalue weighted by molar-refractivity contribution is 0.365. The van der Waals surface area contributed by atoms with Gasteiger partial charge in [-0.1, -0.05) is 0 Å². The lowest BCUT2D eigenvalue weighted by Crippen LogP contribution is -1.90. The lowest BCUT2D eigenvalue weighted by Gasteiger charge is -2.25. The number of hydrogen-bond acceptors (Lipinski definition) is 9. The Hall–Kier alpha value is 0.450. The Morgan fingerprint density at radius 3 is 0.889 bits per heavy atom. The van der Waals surface area contributed by atoms with Crippen LogP contribution >= 0.6 is 23.0 Å². The van der Waals surface area contributed by atoms with Crippen molar-refractivity contribution in [2.75, 3.05) is 39.6 Å². The van der Waals surface area contributed by atoms with Crippen molar-refractivity contribution in [3.8, 4) is 0 Å². The van der Waals surface area contributed by atoms with Crippen LogP contribution in [0.2, 0.25) is 0 Å². The fraction of sp³-hybridized carbons (Fsp3) is 1.00. The first-order valence-electron chi connectivity index (χ1n) is 5.53. The van der Waals surface area contributed by atoms with E-state index in [0.29, 0.717) is 39.6 Å². The lowest BCUT2D eigenvalue weighted by atomic mass is 10.8. The number of nitrogens with zero attached hydrogens (tertiary/aromatic N) is 3. The van der Waals surface area contributed by atoms with Crippen LogP contribution in [0.15, 0.2) is 13.5 Å². The summed E-state index contributed by atoms with van der Waals surface area (Å²) in [6.07, 6.45) is 0. The molecule has 0 aromatic heterocycles. The highest BCUT2D eigenvalue weighted by molar-refractivity contribution is 7.78. The van der Waals surface area contributed by atoms with Crippen LogP contribution in [-0.2, 0) is 27.1 Å². The zero-order valence-electron chi connectivity index (χ0n) is 9.38. The molecule has 0 N–H and O–H groups in total. The highest BCUT2D eigenvalue weighted by Crippen LogP contribution is 2.82. The van der Waals surface area contributed by atoms with Crippen molar-refractivity contribution < 1.29 is 27.1 Å². The standard InChI is InChI=1S/C6H12N3O6P3/c1-2-11-16(10-1)7-17(12-3-4-13-17)9-18(8-16)14-5-6-15-18/h1-6H2. The van der Waals surface area contributed by atoms with Gasteiger partial charge in [-0.3, -0.25) is 0 Å². The zero-order chi connectivity index (χ0) is 12.1. The number of rotatable bonds is 0. The molecule has 4 heterocycles. The monoisotopic (exact) mass is 315 g/mol. The molecular weight excluding hydrogens is 303 g/mol. The van der Waals surface area contributed by atoms with E-state index in [0.717, 1.165) is 0 Å². The van der Waals surface area contributed by atoms with Gasteiger partial charge in [-0.2, -0.15) is 0 Å². The molecule has 0 amide bonds. The summed E-state index contributed by atoms with van der Waals surface area (Å²) in [5.74, 6) is 0. The largest absolute Gasteiger partial charge is 0.349 e. The molecule has 4 aliphatic heterocycles. The third-order valence-electron chi connectivity index (χ3n) is 2.48. The van der Waals surface area contributed by atoms with Gasteiger partial charge in [0, 0.05) is 0 Å². The number of hydrogen-bond donors (Lipinski definition) is 0. The van der Waals surface area contributed by atoms with Gasteiger partial charge < -0.3 is 27.1 Å². The van der Waals surface area contributed by atoms with Crippen molar-refractivity contribution in [1.82, 2.24) is 0 Å². The van der Waals surface area contributed by atoms with E-state index in [1.54, 1.807) is 0 Å². The minimum Gasteiger partial charge on any atom is -0.304 e. The first kappa shape index (κ1) is 12.2. The van der Waals surface area contributed by atoms with Crippen molar-refractivity contribution in [2.24, 2.45) is 13.5 Å². The second-order valence-corrected chi connectivity index (χ2v) is 10.4. The van der Waals surface area contributed by atoms with E-state index >= 15 is 0 Å². The highest BCUT2D eigenvalue weighted by atomic mass is 31.3. The summed E-state index contributed by atoms with van der Waals surface area (Å²) in [5.41, 5.74) is 0. The van der Waals surface area contributed by atoms with E-state index < -0.39 is 23.0 Å². The van der Waals surface area contributed by atoms with Gasteiger partial charge in [-0.05, 0) is 0 Å². The van der Waals surface area contributed by atoms with E-state index in [-0.39, 0.29) is 0 Å². The molecule has 0 saturated carbocycles. The average Bonchev–Trinajstić information content (AvgIpc) is 3.03. The van der Waals surface area contributed by atoms with Gasteiger partial charge in [0.1, 0.15) is 0 Å². The molecule has 12 heteroatoms. The first-order valence-corrected chi connectivity index (χ1v) is 10.1. The Morgan fingerprint density at radius 1 is 0.444 bits per heavy atom. The molecule has 9 nitrogen and oxygen atoms in total. The molecule has 0 unspecified atom stereocenters. The van der Waals surface area contributed by atoms with Gasteiger partial charge in [0.2, 0.25) is 0 Å². The summed E-state index contributed by atoms with van der Waals surface area (Å²) in [7, 11) is -8.15. The average molecular weight is 315 g/mol. The summed E-state index contributed by atoms with van der Waals surface area (Å²) < 4.78 is 46.8. The maximum Gasteiger partial charge on any atom is 0.349 e. The van der Waals surface area contributed by atoms with Crippen LogP contribution in [-0.4, -0.2) is 39.6 Å². The van der Waals surface area contributed by atoms with Crippen LogP contribution in [0.1, 0.15) is 0 Å². The third kappa shape index (κ3) is 1.90. The molecule has 3 saturated heterocycles. The smallest absolute Gasteiger partial charge is 0.304 e. The van der Waals surface area contributed by atoms with Crippen LogP contribution in [0.3, 0.4) is 0 Å². The molecule has 0 aromatic carbocycles. The minimum atomic E-state index is -2.72. The Balaban J connectivity index is 1.92. The molecular formula is C6H12N3O6P3. The normalized spacial score (nSPS) is 34.7. The molecule has 0 aromatic rings. The Bertz CT molecular complexity index is 424. The molecule has 3 fully saturated rings. The second kappa shape index (κ2) is 4.22. The quantitative estimate of drug-likeness (QED) is 0.638. The second-order valence-electron chi connectivity index (χ2n) is 3.74. The molecule has 0 radical (unpaired) electrons.